The first-order valence-corrected chi connectivity index (χ1v) is 3.56. The number of aromatic carboxylic acids is 1. The molecule has 1 aromatic carbocycles. The standard InChI is InChI=1S/C9H8O4/c1-13-8-6(5-10)3-2-4-7(8)9(11)12/h2-5H,1H3,(H,11,12). The van der Waals surface area contributed by atoms with Crippen LogP contribution in [-0.4, -0.2) is 24.5 Å². The molecular formula is C9H8O4. The van der Waals surface area contributed by atoms with Crippen molar-refractivity contribution in [2.45, 2.75) is 0 Å². The van der Waals surface area contributed by atoms with E-state index >= 15 is 0 Å². The maximum atomic E-state index is 10.7. The van der Waals surface area contributed by atoms with E-state index in [0.717, 1.165) is 0 Å². The Morgan fingerprint density at radius 3 is 2.69 bits per heavy atom. The maximum absolute atomic E-state index is 10.7. The van der Waals surface area contributed by atoms with Gasteiger partial charge in [-0.3, -0.25) is 4.79 Å². The monoisotopic (exact) mass is 180 g/mol. The molecule has 0 aliphatic carbocycles. The largest absolute Gasteiger partial charge is 0.495 e. The lowest BCUT2D eigenvalue weighted by molar-refractivity contribution is 0.0693. The first kappa shape index (κ1) is 9.25. The molecule has 4 heteroatoms. The van der Waals surface area contributed by atoms with Gasteiger partial charge in [-0.1, -0.05) is 6.07 Å². The summed E-state index contributed by atoms with van der Waals surface area (Å²) in [5, 5.41) is 8.72. The topological polar surface area (TPSA) is 63.6 Å². The Bertz CT molecular complexity index is 343. The average molecular weight is 180 g/mol. The Kier molecular flexibility index (Phi) is 2.64. The number of methoxy groups -OCH3 is 1. The van der Waals surface area contributed by atoms with Crippen LogP contribution in [0.2, 0.25) is 0 Å². The van der Waals surface area contributed by atoms with E-state index in [1.807, 2.05) is 0 Å². The third-order valence-corrected chi connectivity index (χ3v) is 1.61. The average Bonchev–Trinajstić information content (AvgIpc) is 2.16. The second-order valence-corrected chi connectivity index (χ2v) is 2.35. The second-order valence-electron chi connectivity index (χ2n) is 2.35. The fourth-order valence-electron chi connectivity index (χ4n) is 1.04. The Balaban J connectivity index is 3.35. The van der Waals surface area contributed by atoms with Gasteiger partial charge >= 0.3 is 5.97 Å². The van der Waals surface area contributed by atoms with Crippen LogP contribution < -0.4 is 4.74 Å². The van der Waals surface area contributed by atoms with E-state index in [9.17, 15) is 9.59 Å². The van der Waals surface area contributed by atoms with Crippen LogP contribution in [0.4, 0.5) is 0 Å². The summed E-state index contributed by atoms with van der Waals surface area (Å²) in [6.07, 6.45) is 0.561. The van der Waals surface area contributed by atoms with Gasteiger partial charge < -0.3 is 9.84 Å². The molecule has 0 fully saturated rings. The molecule has 0 bridgehead atoms. The number of carbonyl (C=O) groups excluding carboxylic acids is 1. The highest BCUT2D eigenvalue weighted by Gasteiger charge is 2.13. The molecule has 0 saturated heterocycles. The smallest absolute Gasteiger partial charge is 0.339 e. The number of aldehydes is 1. The van der Waals surface area contributed by atoms with Crippen molar-refractivity contribution in [1.82, 2.24) is 0 Å². The quantitative estimate of drug-likeness (QED) is 0.710. The molecule has 0 spiro atoms. The van der Waals surface area contributed by atoms with Crippen molar-refractivity contribution in [3.05, 3.63) is 29.3 Å². The van der Waals surface area contributed by atoms with Crippen molar-refractivity contribution >= 4 is 12.3 Å². The van der Waals surface area contributed by atoms with Crippen LogP contribution in [0, 0.1) is 0 Å². The van der Waals surface area contributed by atoms with Gasteiger partial charge in [0.15, 0.2) is 6.29 Å². The van der Waals surface area contributed by atoms with Crippen LogP contribution in [0.3, 0.4) is 0 Å². The lowest BCUT2D eigenvalue weighted by Crippen LogP contribution is -2.02. The normalized spacial score (nSPS) is 9.31. The third-order valence-electron chi connectivity index (χ3n) is 1.61. The number of carboxylic acid groups (broad SMARTS) is 1. The molecule has 4 nitrogen and oxygen atoms in total. The molecule has 0 aliphatic heterocycles. The zero-order chi connectivity index (χ0) is 9.84. The van der Waals surface area contributed by atoms with Gasteiger partial charge in [0.05, 0.1) is 12.7 Å². The second kappa shape index (κ2) is 3.71. The highest BCUT2D eigenvalue weighted by Crippen LogP contribution is 2.21. The lowest BCUT2D eigenvalue weighted by Gasteiger charge is -2.05. The van der Waals surface area contributed by atoms with E-state index < -0.39 is 5.97 Å². The lowest BCUT2D eigenvalue weighted by atomic mass is 10.1. The van der Waals surface area contributed by atoms with Crippen LogP contribution in [0.5, 0.6) is 5.75 Å². The molecule has 1 aromatic rings. The molecule has 13 heavy (non-hydrogen) atoms. The minimum Gasteiger partial charge on any atom is -0.495 e. The summed E-state index contributed by atoms with van der Waals surface area (Å²) in [6.45, 7) is 0. The molecule has 0 saturated carbocycles. The first-order valence-electron chi connectivity index (χ1n) is 3.56. The molecular weight excluding hydrogens is 172 g/mol. The molecule has 0 heterocycles. The highest BCUT2D eigenvalue weighted by atomic mass is 16.5. The summed E-state index contributed by atoms with van der Waals surface area (Å²) in [5.74, 6) is -1.01. The SMILES string of the molecule is COc1c(C=O)cccc1C(=O)O. The van der Waals surface area contributed by atoms with Gasteiger partial charge in [-0.15, -0.1) is 0 Å². The summed E-state index contributed by atoms with van der Waals surface area (Å²) in [7, 11) is 1.33. The number of carboxylic acids is 1. The third kappa shape index (κ3) is 1.66. The van der Waals surface area contributed by atoms with E-state index in [1.54, 1.807) is 0 Å². The number of ether oxygens (including phenoxy) is 1. The fraction of sp³-hybridized carbons (Fsp3) is 0.111. The van der Waals surface area contributed by atoms with Crippen LogP contribution in [0.1, 0.15) is 20.7 Å². The first-order chi connectivity index (χ1) is 6.20. The van der Waals surface area contributed by atoms with Gasteiger partial charge in [-0.05, 0) is 12.1 Å². The summed E-state index contributed by atoms with van der Waals surface area (Å²) in [4.78, 5) is 21.1. The van der Waals surface area contributed by atoms with Crippen LogP contribution in [-0.2, 0) is 0 Å². The van der Waals surface area contributed by atoms with Crippen molar-refractivity contribution in [1.29, 1.82) is 0 Å². The van der Waals surface area contributed by atoms with Gasteiger partial charge in [0.1, 0.15) is 11.3 Å². The zero-order valence-corrected chi connectivity index (χ0v) is 6.98. The van der Waals surface area contributed by atoms with Crippen LogP contribution in [0.25, 0.3) is 0 Å². The zero-order valence-electron chi connectivity index (χ0n) is 6.98. The number of rotatable bonds is 3. The Morgan fingerprint density at radius 2 is 2.23 bits per heavy atom. The van der Waals surface area contributed by atoms with E-state index in [-0.39, 0.29) is 16.9 Å². The van der Waals surface area contributed by atoms with Crippen molar-refractivity contribution in [2.24, 2.45) is 0 Å². The molecule has 0 unspecified atom stereocenters. The summed E-state index contributed by atoms with van der Waals surface area (Å²) in [6, 6.07) is 4.38. The number of benzene rings is 1. The minimum absolute atomic E-state index is 0.00731. The summed E-state index contributed by atoms with van der Waals surface area (Å²) < 4.78 is 4.82. The molecule has 0 aliphatic rings. The van der Waals surface area contributed by atoms with Crippen molar-refractivity contribution < 1.29 is 19.4 Å². The van der Waals surface area contributed by atoms with E-state index in [1.165, 1.54) is 25.3 Å². The minimum atomic E-state index is -1.11. The molecule has 1 N–H and O–H groups in total. The number of hydrogen-bond donors (Lipinski definition) is 1. The molecule has 1 rings (SSSR count). The number of hydrogen-bond acceptors (Lipinski definition) is 3. The van der Waals surface area contributed by atoms with Gasteiger partial charge in [-0.2, -0.15) is 0 Å². The molecule has 0 aromatic heterocycles. The number of carbonyl (C=O) groups is 2. The molecule has 0 amide bonds. The van der Waals surface area contributed by atoms with Crippen LogP contribution >= 0.6 is 0 Å². The molecule has 68 valence electrons. The van der Waals surface area contributed by atoms with Gasteiger partial charge in [0.2, 0.25) is 0 Å². The van der Waals surface area contributed by atoms with Crippen molar-refractivity contribution in [2.75, 3.05) is 7.11 Å². The Hall–Kier alpha value is -1.84. The fourth-order valence-corrected chi connectivity index (χ4v) is 1.04. The van der Waals surface area contributed by atoms with E-state index in [0.29, 0.717) is 6.29 Å². The van der Waals surface area contributed by atoms with Crippen molar-refractivity contribution in [3.8, 4) is 5.75 Å². The maximum Gasteiger partial charge on any atom is 0.339 e. The predicted molar refractivity (Wildman–Crippen MR) is 45.3 cm³/mol. The van der Waals surface area contributed by atoms with Crippen LogP contribution in [0.15, 0.2) is 18.2 Å². The van der Waals surface area contributed by atoms with Gasteiger partial charge in [0.25, 0.3) is 0 Å². The van der Waals surface area contributed by atoms with Gasteiger partial charge in [0, 0.05) is 0 Å². The summed E-state index contributed by atoms with van der Waals surface area (Å²) in [5.41, 5.74) is 0.231. The van der Waals surface area contributed by atoms with E-state index in [4.69, 9.17) is 9.84 Å². The van der Waals surface area contributed by atoms with E-state index in [2.05, 4.69) is 0 Å². The van der Waals surface area contributed by atoms with Gasteiger partial charge in [-0.25, -0.2) is 4.79 Å². The summed E-state index contributed by atoms with van der Waals surface area (Å²) >= 11 is 0. The molecule has 0 radical (unpaired) electrons. The predicted octanol–water partition coefficient (Wildman–Crippen LogP) is 1.21. The number of para-hydroxylation sites is 1. The molecule has 0 atom stereocenters. The Labute approximate surface area is 74.8 Å². The Morgan fingerprint density at radius 1 is 1.54 bits per heavy atom. The van der Waals surface area contributed by atoms with Crippen molar-refractivity contribution in [3.63, 3.8) is 0 Å². The highest BCUT2D eigenvalue weighted by molar-refractivity contribution is 5.95.